The number of aryl methyl sites for hydroxylation is 3. The van der Waals surface area contributed by atoms with Crippen LogP contribution in [0.1, 0.15) is 41.3 Å². The van der Waals surface area contributed by atoms with Crippen LogP contribution in [-0.2, 0) is 6.54 Å². The molecule has 2 aromatic heterocycles. The lowest BCUT2D eigenvalue weighted by atomic mass is 10.1. The molecule has 0 amide bonds. The van der Waals surface area contributed by atoms with Gasteiger partial charge in [0, 0.05) is 6.54 Å². The van der Waals surface area contributed by atoms with Crippen molar-refractivity contribution in [3.63, 3.8) is 0 Å². The van der Waals surface area contributed by atoms with Gasteiger partial charge in [0.2, 0.25) is 0 Å². The summed E-state index contributed by atoms with van der Waals surface area (Å²) in [7, 11) is 0. The number of hydrogen-bond acceptors (Lipinski definition) is 6. The van der Waals surface area contributed by atoms with Gasteiger partial charge < -0.3 is 4.90 Å². The van der Waals surface area contributed by atoms with Crippen LogP contribution in [0.25, 0.3) is 0 Å². The van der Waals surface area contributed by atoms with Gasteiger partial charge in [-0.25, -0.2) is 9.67 Å². The van der Waals surface area contributed by atoms with Crippen LogP contribution >= 0.6 is 0 Å². The lowest BCUT2D eigenvalue weighted by molar-refractivity contribution is 0.494. The standard InChI is InChI=1S/C16H21N7/c1-10-11(2)19-20-16(15(10)8-17)22-7-5-6-14(22)9-23-13(4)18-12(3)21-23/h14H,5-7,9H2,1-4H3/t14-/m0/s1. The van der Waals surface area contributed by atoms with Crippen LogP contribution in [0.15, 0.2) is 0 Å². The molecule has 7 heteroatoms. The third-order valence-electron chi connectivity index (χ3n) is 4.54. The number of rotatable bonds is 3. The molecule has 1 aliphatic heterocycles. The Kier molecular flexibility index (Phi) is 3.99. The molecule has 23 heavy (non-hydrogen) atoms. The highest BCUT2D eigenvalue weighted by Crippen LogP contribution is 2.29. The Labute approximate surface area is 136 Å². The van der Waals surface area contributed by atoms with Crippen LogP contribution in [0.5, 0.6) is 0 Å². The second-order valence-corrected chi connectivity index (χ2v) is 6.10. The molecule has 1 fully saturated rings. The maximum atomic E-state index is 9.54. The van der Waals surface area contributed by atoms with Crippen LogP contribution in [0.2, 0.25) is 0 Å². The van der Waals surface area contributed by atoms with Gasteiger partial charge >= 0.3 is 0 Å². The van der Waals surface area contributed by atoms with E-state index in [0.717, 1.165) is 48.8 Å². The fourth-order valence-corrected chi connectivity index (χ4v) is 3.17. The average Bonchev–Trinajstić information content (AvgIpc) is 3.09. The highest BCUT2D eigenvalue weighted by Gasteiger charge is 2.29. The van der Waals surface area contributed by atoms with Crippen molar-refractivity contribution in [3.8, 4) is 6.07 Å². The van der Waals surface area contributed by atoms with Gasteiger partial charge in [-0.05, 0) is 46.1 Å². The van der Waals surface area contributed by atoms with Crippen LogP contribution in [-0.4, -0.2) is 37.5 Å². The second-order valence-electron chi connectivity index (χ2n) is 6.10. The molecule has 3 rings (SSSR count). The fraction of sp³-hybridized carbons (Fsp3) is 0.562. The zero-order valence-corrected chi connectivity index (χ0v) is 14.0. The highest BCUT2D eigenvalue weighted by molar-refractivity contribution is 5.58. The first kappa shape index (κ1) is 15.4. The van der Waals surface area contributed by atoms with E-state index >= 15 is 0 Å². The summed E-state index contributed by atoms with van der Waals surface area (Å²) >= 11 is 0. The summed E-state index contributed by atoms with van der Waals surface area (Å²) in [6.45, 7) is 9.34. The van der Waals surface area contributed by atoms with Crippen molar-refractivity contribution < 1.29 is 0 Å². The number of nitriles is 1. The van der Waals surface area contributed by atoms with Crippen molar-refractivity contribution in [2.24, 2.45) is 0 Å². The van der Waals surface area contributed by atoms with Gasteiger partial charge in [-0.2, -0.15) is 15.5 Å². The molecule has 0 N–H and O–H groups in total. The molecule has 1 aliphatic rings. The van der Waals surface area contributed by atoms with E-state index in [2.05, 4.69) is 31.2 Å². The molecule has 0 aromatic carbocycles. The summed E-state index contributed by atoms with van der Waals surface area (Å²) < 4.78 is 1.94. The lowest BCUT2D eigenvalue weighted by Crippen LogP contribution is -2.35. The molecule has 0 saturated carbocycles. The average molecular weight is 311 g/mol. The van der Waals surface area contributed by atoms with Crippen LogP contribution in [0.4, 0.5) is 5.82 Å². The number of hydrogen-bond donors (Lipinski definition) is 0. The molecule has 0 unspecified atom stereocenters. The molecule has 3 heterocycles. The largest absolute Gasteiger partial charge is 0.349 e. The Morgan fingerprint density at radius 3 is 2.65 bits per heavy atom. The van der Waals surface area contributed by atoms with Gasteiger partial charge in [-0.1, -0.05) is 0 Å². The lowest BCUT2D eigenvalue weighted by Gasteiger charge is -2.26. The summed E-state index contributed by atoms with van der Waals surface area (Å²) in [5.41, 5.74) is 2.36. The topological polar surface area (TPSA) is 83.5 Å². The van der Waals surface area contributed by atoms with Gasteiger partial charge in [0.1, 0.15) is 23.3 Å². The normalized spacial score (nSPS) is 17.5. The van der Waals surface area contributed by atoms with Crippen LogP contribution in [0, 0.1) is 39.0 Å². The zero-order valence-electron chi connectivity index (χ0n) is 14.0. The molecule has 0 spiro atoms. The first-order valence-corrected chi connectivity index (χ1v) is 7.90. The fourth-order valence-electron chi connectivity index (χ4n) is 3.17. The summed E-state index contributed by atoms with van der Waals surface area (Å²) in [6.07, 6.45) is 2.13. The molecule has 0 bridgehead atoms. The van der Waals surface area contributed by atoms with E-state index in [1.165, 1.54) is 0 Å². The molecule has 0 aliphatic carbocycles. The Bertz CT molecular complexity index is 771. The van der Waals surface area contributed by atoms with Gasteiger partial charge in [-0.15, -0.1) is 5.10 Å². The monoisotopic (exact) mass is 311 g/mol. The van der Waals surface area contributed by atoms with Gasteiger partial charge in [0.15, 0.2) is 5.82 Å². The maximum absolute atomic E-state index is 9.54. The predicted octanol–water partition coefficient (Wildman–Crippen LogP) is 1.84. The van der Waals surface area contributed by atoms with Crippen molar-refractivity contribution in [3.05, 3.63) is 28.5 Å². The third kappa shape index (κ3) is 2.77. The van der Waals surface area contributed by atoms with Crippen LogP contribution in [0.3, 0.4) is 0 Å². The van der Waals surface area contributed by atoms with Gasteiger partial charge in [0.25, 0.3) is 0 Å². The van der Waals surface area contributed by atoms with Crippen molar-refractivity contribution >= 4 is 5.82 Å². The Balaban J connectivity index is 1.92. The van der Waals surface area contributed by atoms with E-state index in [0.29, 0.717) is 11.4 Å². The summed E-state index contributed by atoms with van der Waals surface area (Å²) in [5, 5.41) is 22.5. The SMILES string of the molecule is Cc1nc(C)n(C[C@@H]2CCCN2c2nnc(C)c(C)c2C#N)n1. The highest BCUT2D eigenvalue weighted by atomic mass is 15.4. The summed E-state index contributed by atoms with van der Waals surface area (Å²) in [4.78, 5) is 6.57. The van der Waals surface area contributed by atoms with E-state index in [-0.39, 0.29) is 6.04 Å². The molecule has 7 nitrogen and oxygen atoms in total. The van der Waals surface area contributed by atoms with E-state index in [9.17, 15) is 5.26 Å². The van der Waals surface area contributed by atoms with Gasteiger partial charge in [-0.3, -0.25) is 0 Å². The van der Waals surface area contributed by atoms with Crippen molar-refractivity contribution in [1.82, 2.24) is 25.0 Å². The van der Waals surface area contributed by atoms with Crippen LogP contribution < -0.4 is 4.90 Å². The minimum Gasteiger partial charge on any atom is -0.349 e. The van der Waals surface area contributed by atoms with E-state index in [1.807, 2.05) is 32.4 Å². The minimum absolute atomic E-state index is 0.262. The van der Waals surface area contributed by atoms with E-state index < -0.39 is 0 Å². The molecule has 2 aromatic rings. The molecular formula is C16H21N7. The first-order chi connectivity index (χ1) is 11.0. The first-order valence-electron chi connectivity index (χ1n) is 7.90. The smallest absolute Gasteiger partial charge is 0.169 e. The van der Waals surface area contributed by atoms with Crippen molar-refractivity contribution in [2.45, 2.75) is 53.1 Å². The molecular weight excluding hydrogens is 290 g/mol. The predicted molar refractivity (Wildman–Crippen MR) is 86.1 cm³/mol. The quantitative estimate of drug-likeness (QED) is 0.860. The zero-order chi connectivity index (χ0) is 16.6. The minimum atomic E-state index is 0.262. The van der Waals surface area contributed by atoms with Crippen molar-refractivity contribution in [2.75, 3.05) is 11.4 Å². The molecule has 0 radical (unpaired) electrons. The number of nitrogens with zero attached hydrogens (tertiary/aromatic N) is 7. The summed E-state index contributed by atoms with van der Waals surface area (Å²) in [5.74, 6) is 2.41. The maximum Gasteiger partial charge on any atom is 0.169 e. The second kappa shape index (κ2) is 5.95. The number of anilines is 1. The van der Waals surface area contributed by atoms with E-state index in [1.54, 1.807) is 0 Å². The molecule has 1 saturated heterocycles. The third-order valence-corrected chi connectivity index (χ3v) is 4.54. The van der Waals surface area contributed by atoms with Crippen molar-refractivity contribution in [1.29, 1.82) is 5.26 Å². The van der Waals surface area contributed by atoms with E-state index in [4.69, 9.17) is 0 Å². The Morgan fingerprint density at radius 1 is 1.22 bits per heavy atom. The Hall–Kier alpha value is -2.49. The molecule has 120 valence electrons. The van der Waals surface area contributed by atoms with Gasteiger partial charge in [0.05, 0.1) is 18.3 Å². The Morgan fingerprint density at radius 2 is 2.00 bits per heavy atom. The molecule has 1 atom stereocenters. The number of aromatic nitrogens is 5. The summed E-state index contributed by atoms with van der Waals surface area (Å²) in [6, 6.07) is 2.56.